The van der Waals surface area contributed by atoms with Crippen molar-refractivity contribution in [2.45, 2.75) is 38.6 Å². The van der Waals surface area contributed by atoms with Crippen LogP contribution < -0.4 is 5.32 Å². The highest BCUT2D eigenvalue weighted by molar-refractivity contribution is 4.99. The Morgan fingerprint density at radius 3 is 2.88 bits per heavy atom. The van der Waals surface area contributed by atoms with Crippen LogP contribution in [-0.2, 0) is 6.42 Å². The monoisotopic (exact) mass is 236 g/mol. The van der Waals surface area contributed by atoms with Crippen LogP contribution in [0, 0.1) is 0 Å². The molecule has 0 saturated carbocycles. The average molecular weight is 236 g/mol. The molecule has 0 radical (unpaired) electrons. The van der Waals surface area contributed by atoms with Gasteiger partial charge in [-0.15, -0.1) is 0 Å². The van der Waals surface area contributed by atoms with Crippen LogP contribution in [-0.4, -0.2) is 36.6 Å². The highest BCUT2D eigenvalue weighted by atomic mass is 16.3. The molecular weight excluding hydrogens is 212 g/mol. The largest absolute Gasteiger partial charge is 0.469 e. The van der Waals surface area contributed by atoms with E-state index in [2.05, 4.69) is 30.1 Å². The fraction of sp³-hybridized carbons (Fsp3) is 0.714. The summed E-state index contributed by atoms with van der Waals surface area (Å²) in [4.78, 5) is 2.56. The number of furan rings is 1. The van der Waals surface area contributed by atoms with Crippen LogP contribution in [0.5, 0.6) is 0 Å². The van der Waals surface area contributed by atoms with Crippen molar-refractivity contribution in [1.82, 2.24) is 10.2 Å². The summed E-state index contributed by atoms with van der Waals surface area (Å²) in [5, 5.41) is 3.69. The zero-order chi connectivity index (χ0) is 12.1. The van der Waals surface area contributed by atoms with Gasteiger partial charge in [-0.05, 0) is 25.0 Å². The van der Waals surface area contributed by atoms with Crippen molar-refractivity contribution in [3.05, 3.63) is 24.2 Å². The van der Waals surface area contributed by atoms with Crippen LogP contribution in [0.2, 0.25) is 0 Å². The van der Waals surface area contributed by atoms with E-state index in [9.17, 15) is 0 Å². The van der Waals surface area contributed by atoms with Gasteiger partial charge >= 0.3 is 0 Å². The molecule has 17 heavy (non-hydrogen) atoms. The van der Waals surface area contributed by atoms with E-state index >= 15 is 0 Å². The first-order valence-corrected chi connectivity index (χ1v) is 6.78. The van der Waals surface area contributed by atoms with Crippen molar-refractivity contribution in [1.29, 1.82) is 0 Å². The zero-order valence-electron chi connectivity index (χ0n) is 11.0. The molecule has 1 aromatic heterocycles. The van der Waals surface area contributed by atoms with Crippen molar-refractivity contribution in [2.24, 2.45) is 0 Å². The molecule has 1 aliphatic rings. The fourth-order valence-electron chi connectivity index (χ4n) is 2.68. The van der Waals surface area contributed by atoms with Crippen LogP contribution >= 0.6 is 0 Å². The highest BCUT2D eigenvalue weighted by Crippen LogP contribution is 2.20. The Balaban J connectivity index is 1.85. The van der Waals surface area contributed by atoms with E-state index in [4.69, 9.17) is 4.42 Å². The molecule has 1 saturated heterocycles. The highest BCUT2D eigenvalue weighted by Gasteiger charge is 2.31. The van der Waals surface area contributed by atoms with Gasteiger partial charge in [0.15, 0.2) is 0 Å². The maximum Gasteiger partial charge on any atom is 0.105 e. The van der Waals surface area contributed by atoms with Crippen molar-refractivity contribution < 1.29 is 4.42 Å². The van der Waals surface area contributed by atoms with Crippen LogP contribution in [0.15, 0.2) is 22.8 Å². The fourth-order valence-corrected chi connectivity index (χ4v) is 2.68. The van der Waals surface area contributed by atoms with Gasteiger partial charge in [0.1, 0.15) is 5.76 Å². The second-order valence-electron chi connectivity index (χ2n) is 5.02. The summed E-state index contributed by atoms with van der Waals surface area (Å²) in [5.74, 6) is 1.10. The van der Waals surface area contributed by atoms with Crippen LogP contribution in [0.4, 0.5) is 0 Å². The first-order valence-electron chi connectivity index (χ1n) is 6.78. The van der Waals surface area contributed by atoms with E-state index in [1.807, 2.05) is 6.07 Å². The van der Waals surface area contributed by atoms with Crippen LogP contribution in [0.25, 0.3) is 0 Å². The van der Waals surface area contributed by atoms with Crippen LogP contribution in [0.1, 0.15) is 32.4 Å². The molecular formula is C14H24N2O. The van der Waals surface area contributed by atoms with Crippen LogP contribution in [0.3, 0.4) is 0 Å². The van der Waals surface area contributed by atoms with Gasteiger partial charge in [0.25, 0.3) is 0 Å². The minimum Gasteiger partial charge on any atom is -0.469 e. The average Bonchev–Trinajstić information content (AvgIpc) is 2.90. The van der Waals surface area contributed by atoms with Gasteiger partial charge in [0.05, 0.1) is 6.26 Å². The minimum atomic E-state index is 0.335. The number of nitrogens with zero attached hydrogens (tertiary/aromatic N) is 1. The molecule has 1 fully saturated rings. The summed E-state index contributed by atoms with van der Waals surface area (Å²) in [6.45, 7) is 9.11. The molecule has 3 heteroatoms. The number of nitrogens with one attached hydrogen (secondary N) is 1. The number of rotatable bonds is 5. The maximum atomic E-state index is 5.39. The third kappa shape index (κ3) is 3.11. The molecule has 2 rings (SSSR count). The molecule has 0 atom stereocenters. The molecule has 0 spiro atoms. The topological polar surface area (TPSA) is 28.4 Å². The van der Waals surface area contributed by atoms with Gasteiger partial charge in [-0.2, -0.15) is 0 Å². The van der Waals surface area contributed by atoms with Crippen molar-refractivity contribution >= 4 is 0 Å². The van der Waals surface area contributed by atoms with Gasteiger partial charge in [0.2, 0.25) is 0 Å². The summed E-state index contributed by atoms with van der Waals surface area (Å²) in [6, 6.07) is 4.03. The number of piperazine rings is 1. The number of hydrogen-bond acceptors (Lipinski definition) is 3. The minimum absolute atomic E-state index is 0.335. The Morgan fingerprint density at radius 2 is 2.24 bits per heavy atom. The van der Waals surface area contributed by atoms with E-state index in [0.717, 1.165) is 31.8 Å². The van der Waals surface area contributed by atoms with Gasteiger partial charge < -0.3 is 9.73 Å². The Morgan fingerprint density at radius 1 is 1.41 bits per heavy atom. The predicted molar refractivity (Wildman–Crippen MR) is 70.2 cm³/mol. The van der Waals surface area contributed by atoms with Crippen molar-refractivity contribution in [2.75, 3.05) is 26.2 Å². The standard InChI is InChI=1S/C14H24N2O/c1-3-14(4-2)12-16(10-8-15-14)9-7-13-6-5-11-17-13/h5-6,11,15H,3-4,7-10,12H2,1-2H3. The van der Waals surface area contributed by atoms with Gasteiger partial charge in [-0.1, -0.05) is 13.8 Å². The Hall–Kier alpha value is -0.800. The molecule has 1 aromatic rings. The lowest BCUT2D eigenvalue weighted by molar-refractivity contribution is 0.123. The quantitative estimate of drug-likeness (QED) is 0.850. The Bertz CT molecular complexity index is 317. The lowest BCUT2D eigenvalue weighted by Gasteiger charge is -2.43. The predicted octanol–water partition coefficient (Wildman–Crippen LogP) is 2.29. The first kappa shape index (κ1) is 12.7. The molecule has 3 nitrogen and oxygen atoms in total. The third-order valence-corrected chi connectivity index (χ3v) is 4.06. The van der Waals surface area contributed by atoms with E-state index < -0.39 is 0 Å². The number of hydrogen-bond donors (Lipinski definition) is 1. The van der Waals surface area contributed by atoms with Crippen molar-refractivity contribution in [3.63, 3.8) is 0 Å². The molecule has 1 N–H and O–H groups in total. The zero-order valence-corrected chi connectivity index (χ0v) is 11.0. The maximum absolute atomic E-state index is 5.39. The Kier molecular flexibility index (Phi) is 4.24. The van der Waals surface area contributed by atoms with E-state index in [1.54, 1.807) is 6.26 Å². The Labute approximate surface area is 104 Å². The van der Waals surface area contributed by atoms with Gasteiger partial charge in [0, 0.05) is 38.1 Å². The normalized spacial score (nSPS) is 20.6. The first-order chi connectivity index (χ1) is 8.28. The molecule has 0 unspecified atom stereocenters. The van der Waals surface area contributed by atoms with E-state index in [-0.39, 0.29) is 0 Å². The van der Waals surface area contributed by atoms with E-state index in [0.29, 0.717) is 5.54 Å². The second-order valence-corrected chi connectivity index (χ2v) is 5.02. The van der Waals surface area contributed by atoms with Gasteiger partial charge in [-0.3, -0.25) is 4.90 Å². The summed E-state index contributed by atoms with van der Waals surface area (Å²) in [7, 11) is 0. The van der Waals surface area contributed by atoms with Crippen molar-refractivity contribution in [3.8, 4) is 0 Å². The molecule has 0 aliphatic carbocycles. The summed E-state index contributed by atoms with van der Waals surface area (Å²) < 4.78 is 5.39. The SMILES string of the molecule is CCC1(CC)CN(CCc2ccco2)CCN1. The van der Waals surface area contributed by atoms with Gasteiger partial charge in [-0.25, -0.2) is 0 Å². The molecule has 1 aliphatic heterocycles. The summed E-state index contributed by atoms with van der Waals surface area (Å²) >= 11 is 0. The molecule has 0 bridgehead atoms. The molecule has 0 amide bonds. The molecule has 0 aromatic carbocycles. The summed E-state index contributed by atoms with van der Waals surface area (Å²) in [5.41, 5.74) is 0.335. The molecule has 96 valence electrons. The lowest BCUT2D eigenvalue weighted by Crippen LogP contribution is -2.60. The third-order valence-electron chi connectivity index (χ3n) is 4.06. The second kappa shape index (κ2) is 5.69. The smallest absolute Gasteiger partial charge is 0.105 e. The summed E-state index contributed by atoms with van der Waals surface area (Å²) in [6.07, 6.45) is 5.20. The van der Waals surface area contributed by atoms with E-state index in [1.165, 1.54) is 19.4 Å². The molecule has 2 heterocycles. The lowest BCUT2D eigenvalue weighted by atomic mass is 9.90.